The van der Waals surface area contributed by atoms with Crippen LogP contribution in [0.5, 0.6) is 0 Å². The Morgan fingerprint density at radius 1 is 0.591 bits per heavy atom. The largest absolute Gasteiger partial charge is 2.00 e. The van der Waals surface area contributed by atoms with Gasteiger partial charge in [0.05, 0.1) is 0 Å². The smallest absolute Gasteiger partial charge is 0.343 e. The first kappa shape index (κ1) is 38.9. The molecule has 0 spiro atoms. The van der Waals surface area contributed by atoms with Gasteiger partial charge in [-0.3, -0.25) is 0 Å². The van der Waals surface area contributed by atoms with E-state index in [0.29, 0.717) is 0 Å². The van der Waals surface area contributed by atoms with Crippen LogP contribution in [-0.4, -0.2) is 46.1 Å². The second-order valence-corrected chi connectivity index (χ2v) is 4.79. The topological polar surface area (TPSA) is 0 Å². The van der Waals surface area contributed by atoms with Crippen LogP contribution in [0.3, 0.4) is 0 Å². The van der Waals surface area contributed by atoms with Crippen molar-refractivity contribution in [3.8, 4) is 0 Å². The Kier molecular flexibility index (Phi) is 101. The van der Waals surface area contributed by atoms with Crippen molar-refractivity contribution in [2.45, 2.75) is 105 Å². The quantitative estimate of drug-likeness (QED) is 0.249. The SMILES string of the molecule is C[CH-]CC.[CH2-]CCC.[CH2-]CCCCC.[CH2-]CCCCC.[Mg+2].[Mg+2]. The summed E-state index contributed by atoms with van der Waals surface area (Å²) in [5.41, 5.74) is 0. The summed E-state index contributed by atoms with van der Waals surface area (Å²) < 4.78 is 0. The summed E-state index contributed by atoms with van der Waals surface area (Å²) in [6.07, 6.45) is 15.7. The fourth-order valence-electron chi connectivity index (χ4n) is 0.854. The van der Waals surface area contributed by atoms with Crippen LogP contribution >= 0.6 is 0 Å². The first-order chi connectivity index (χ1) is 9.66. The molecule has 0 aromatic heterocycles. The average molecular weight is 333 g/mol. The van der Waals surface area contributed by atoms with E-state index in [4.69, 9.17) is 0 Å². The van der Waals surface area contributed by atoms with Gasteiger partial charge in [-0.2, -0.15) is 32.6 Å². The predicted octanol–water partition coefficient (Wildman–Crippen LogP) is 7.28. The molecule has 0 aliphatic carbocycles. The molecule has 0 unspecified atom stereocenters. The van der Waals surface area contributed by atoms with Gasteiger partial charge in [0.25, 0.3) is 0 Å². The fourth-order valence-corrected chi connectivity index (χ4v) is 0.854. The summed E-state index contributed by atoms with van der Waals surface area (Å²) in [7, 11) is 0. The van der Waals surface area contributed by atoms with Gasteiger partial charge in [-0.25, -0.2) is 0 Å². The summed E-state index contributed by atoms with van der Waals surface area (Å²) in [5.74, 6) is 0. The zero-order valence-corrected chi connectivity index (χ0v) is 19.7. The Hall–Kier alpha value is 1.53. The average Bonchev–Trinajstić information content (AvgIpc) is 2.51. The van der Waals surface area contributed by atoms with Crippen LogP contribution in [0.2, 0.25) is 0 Å². The van der Waals surface area contributed by atoms with Gasteiger partial charge in [0.15, 0.2) is 0 Å². The zero-order valence-electron chi connectivity index (χ0n) is 16.9. The predicted molar refractivity (Wildman–Crippen MR) is 111 cm³/mol. The van der Waals surface area contributed by atoms with E-state index in [2.05, 4.69) is 61.8 Å². The zero-order chi connectivity index (χ0) is 16.5. The Bertz CT molecular complexity index is 71.7. The molecule has 0 amide bonds. The number of unbranched alkanes of at least 4 members (excludes halogenated alkanes) is 8. The van der Waals surface area contributed by atoms with E-state index in [9.17, 15) is 0 Å². The molecule has 0 rings (SSSR count). The van der Waals surface area contributed by atoms with Gasteiger partial charge in [-0.1, -0.05) is 72.6 Å². The Labute approximate surface area is 177 Å². The fraction of sp³-hybridized carbons (Fsp3) is 0.800. The van der Waals surface area contributed by atoms with Crippen LogP contribution in [0, 0.1) is 27.2 Å². The molecule has 0 nitrogen and oxygen atoms in total. The summed E-state index contributed by atoms with van der Waals surface area (Å²) >= 11 is 0. The van der Waals surface area contributed by atoms with Gasteiger partial charge >= 0.3 is 46.1 Å². The summed E-state index contributed by atoms with van der Waals surface area (Å²) in [4.78, 5) is 0. The molecule has 0 bridgehead atoms. The molecule has 128 valence electrons. The van der Waals surface area contributed by atoms with Crippen LogP contribution < -0.4 is 0 Å². The molecular weight excluding hydrogens is 289 g/mol. The number of hydrogen-bond acceptors (Lipinski definition) is 0. The first-order valence-corrected chi connectivity index (χ1v) is 8.81. The molecule has 2 heteroatoms. The van der Waals surface area contributed by atoms with Crippen molar-refractivity contribution in [3.05, 3.63) is 27.2 Å². The van der Waals surface area contributed by atoms with E-state index >= 15 is 0 Å². The molecule has 0 aromatic rings. The second-order valence-electron chi connectivity index (χ2n) is 4.79. The van der Waals surface area contributed by atoms with Crippen molar-refractivity contribution >= 4 is 46.1 Å². The van der Waals surface area contributed by atoms with Gasteiger partial charge in [0.1, 0.15) is 0 Å². The summed E-state index contributed by atoms with van der Waals surface area (Å²) in [6.45, 7) is 21.8. The maximum atomic E-state index is 3.72. The third kappa shape index (κ3) is 99.9. The van der Waals surface area contributed by atoms with Crippen molar-refractivity contribution in [2.24, 2.45) is 0 Å². The third-order valence-electron chi connectivity index (χ3n) is 2.47. The van der Waals surface area contributed by atoms with E-state index < -0.39 is 0 Å². The van der Waals surface area contributed by atoms with E-state index in [0.717, 1.165) is 19.3 Å². The molecule has 0 saturated heterocycles. The maximum Gasteiger partial charge on any atom is 2.00 e. The second kappa shape index (κ2) is 57.0. The monoisotopic (exact) mass is 332 g/mol. The van der Waals surface area contributed by atoms with E-state index in [1.54, 1.807) is 0 Å². The van der Waals surface area contributed by atoms with Crippen molar-refractivity contribution < 1.29 is 0 Å². The van der Waals surface area contributed by atoms with Gasteiger partial charge in [-0.05, 0) is 0 Å². The van der Waals surface area contributed by atoms with Gasteiger partial charge in [0, 0.05) is 0 Å². The van der Waals surface area contributed by atoms with Crippen molar-refractivity contribution in [1.29, 1.82) is 0 Å². The van der Waals surface area contributed by atoms with Crippen LogP contribution in [0.4, 0.5) is 0 Å². The van der Waals surface area contributed by atoms with Crippen molar-refractivity contribution in [1.82, 2.24) is 0 Å². The van der Waals surface area contributed by atoms with Crippen LogP contribution in [0.1, 0.15) is 105 Å². The molecule has 0 atom stereocenters. The number of hydrogen-bond donors (Lipinski definition) is 0. The first-order valence-electron chi connectivity index (χ1n) is 8.81. The standard InChI is InChI=1S/2C6H13.2C4H9.2Mg/c2*1-3-5-6-4-2;2*1-3-4-2;;/h2*1,3-6H2,2H3;3H,4H2,1-2H3;1,3-4H2,2H3;;/q4*-1;2*+2. The Morgan fingerprint density at radius 2 is 0.864 bits per heavy atom. The van der Waals surface area contributed by atoms with E-state index in [1.807, 2.05) is 0 Å². The van der Waals surface area contributed by atoms with Gasteiger partial charge in [0.2, 0.25) is 0 Å². The van der Waals surface area contributed by atoms with E-state index in [1.165, 1.54) is 51.4 Å². The van der Waals surface area contributed by atoms with Gasteiger partial charge < -0.3 is 27.2 Å². The third-order valence-corrected chi connectivity index (χ3v) is 2.47. The summed E-state index contributed by atoms with van der Waals surface area (Å²) in [5, 5.41) is 0. The molecule has 0 aliphatic heterocycles. The normalized spacial score (nSPS) is 7.64. The van der Waals surface area contributed by atoms with Crippen molar-refractivity contribution in [2.75, 3.05) is 0 Å². The minimum Gasteiger partial charge on any atom is -0.343 e. The van der Waals surface area contributed by atoms with E-state index in [-0.39, 0.29) is 46.1 Å². The molecular formula is C20H44Mg2. The molecule has 0 heterocycles. The van der Waals surface area contributed by atoms with Crippen LogP contribution in [0.15, 0.2) is 0 Å². The van der Waals surface area contributed by atoms with Gasteiger partial charge in [-0.15, -0.1) is 0 Å². The summed E-state index contributed by atoms with van der Waals surface area (Å²) in [6, 6.07) is 0. The molecule has 0 aliphatic rings. The molecule has 0 aromatic carbocycles. The molecule has 0 N–H and O–H groups in total. The molecule has 0 radical (unpaired) electrons. The Morgan fingerprint density at radius 3 is 0.909 bits per heavy atom. The van der Waals surface area contributed by atoms with Crippen LogP contribution in [0.25, 0.3) is 0 Å². The molecule has 0 saturated carbocycles. The van der Waals surface area contributed by atoms with Crippen molar-refractivity contribution in [3.63, 3.8) is 0 Å². The number of rotatable bonds is 8. The Balaban J connectivity index is -0.0000000383. The van der Waals surface area contributed by atoms with Crippen LogP contribution in [-0.2, 0) is 0 Å². The minimum absolute atomic E-state index is 0. The minimum atomic E-state index is 0. The molecule has 22 heavy (non-hydrogen) atoms. The maximum absolute atomic E-state index is 3.72. The molecule has 0 fully saturated rings.